The lowest BCUT2D eigenvalue weighted by Crippen LogP contribution is -2.65. The largest absolute Gasteiger partial charge is 0.440 e. The van der Waals surface area contributed by atoms with Gasteiger partial charge in [0.25, 0.3) is 5.52 Å². The molecule has 0 saturated carbocycles. The summed E-state index contributed by atoms with van der Waals surface area (Å²) in [5.74, 6) is 1.43. The number of fused-ring (bicyclic) bond motifs is 1. The molecule has 2 aliphatic rings. The van der Waals surface area contributed by atoms with Gasteiger partial charge in [0, 0.05) is 18.7 Å². The first-order valence-electron chi connectivity index (χ1n) is 13.2. The zero-order valence-corrected chi connectivity index (χ0v) is 21.8. The molecule has 7 rings (SSSR count). The van der Waals surface area contributed by atoms with E-state index in [4.69, 9.17) is 19.3 Å². The minimum absolute atomic E-state index is 0.300. The molecule has 192 valence electrons. The van der Waals surface area contributed by atoms with Gasteiger partial charge in [-0.25, -0.2) is 0 Å². The SMILES string of the molecule is Cc1ccc2c(n1)C(OC(Oc1ccc(-c3ccccc3)cc1)N1Oc3cccc4ccc(C)[n+]1c34)CC=C2. The molecule has 0 N–H and O–H groups in total. The molecule has 0 spiro atoms. The predicted molar refractivity (Wildman–Crippen MR) is 150 cm³/mol. The van der Waals surface area contributed by atoms with Crippen LogP contribution in [-0.4, -0.2) is 11.4 Å². The number of pyridine rings is 2. The van der Waals surface area contributed by atoms with Gasteiger partial charge in [-0.3, -0.25) is 4.98 Å². The van der Waals surface area contributed by atoms with Gasteiger partial charge in [0.15, 0.2) is 0 Å². The van der Waals surface area contributed by atoms with Gasteiger partial charge in [0.1, 0.15) is 11.9 Å². The molecule has 0 fully saturated rings. The summed E-state index contributed by atoms with van der Waals surface area (Å²) in [5, 5.41) is 2.76. The van der Waals surface area contributed by atoms with Gasteiger partial charge in [0.2, 0.25) is 11.4 Å². The lowest BCUT2D eigenvalue weighted by molar-refractivity contribution is -0.710. The minimum atomic E-state index is -0.888. The fourth-order valence-corrected chi connectivity index (χ4v) is 5.24. The van der Waals surface area contributed by atoms with Crippen LogP contribution in [0.2, 0.25) is 0 Å². The Kier molecular flexibility index (Phi) is 5.75. The number of aromatic nitrogens is 2. The summed E-state index contributed by atoms with van der Waals surface area (Å²) >= 11 is 0. The Morgan fingerprint density at radius 2 is 1.69 bits per heavy atom. The number of hydrogen-bond acceptors (Lipinski definition) is 5. The van der Waals surface area contributed by atoms with Crippen molar-refractivity contribution in [3.05, 3.63) is 126 Å². The third-order valence-electron chi connectivity index (χ3n) is 7.18. The maximum absolute atomic E-state index is 6.74. The second kappa shape index (κ2) is 9.57. The van der Waals surface area contributed by atoms with Crippen molar-refractivity contribution in [1.82, 2.24) is 4.98 Å². The van der Waals surface area contributed by atoms with Crippen LogP contribution in [0.4, 0.5) is 0 Å². The molecule has 3 aromatic carbocycles. The smallest absolute Gasteiger partial charge is 0.374 e. The zero-order chi connectivity index (χ0) is 26.3. The van der Waals surface area contributed by atoms with Crippen molar-refractivity contribution in [2.45, 2.75) is 32.8 Å². The molecule has 5 aromatic rings. The Balaban J connectivity index is 1.26. The van der Waals surface area contributed by atoms with Gasteiger partial charge in [-0.2, -0.15) is 0 Å². The zero-order valence-electron chi connectivity index (χ0n) is 21.8. The second-order valence-corrected chi connectivity index (χ2v) is 9.88. The van der Waals surface area contributed by atoms with Crippen LogP contribution in [0, 0.1) is 13.8 Å². The Hall–Kier alpha value is -4.68. The van der Waals surface area contributed by atoms with Crippen LogP contribution < -0.4 is 19.4 Å². The second-order valence-electron chi connectivity index (χ2n) is 9.88. The minimum Gasteiger partial charge on any atom is -0.440 e. The van der Waals surface area contributed by atoms with Gasteiger partial charge in [0.05, 0.1) is 16.3 Å². The number of nitrogens with zero attached hydrogens (tertiary/aromatic N) is 3. The molecule has 0 radical (unpaired) electrons. The number of benzene rings is 3. The molecule has 6 nitrogen and oxygen atoms in total. The first kappa shape index (κ1) is 23.4. The number of para-hydroxylation sites is 1. The molecule has 2 aromatic heterocycles. The fourth-order valence-electron chi connectivity index (χ4n) is 5.24. The van der Waals surface area contributed by atoms with Crippen molar-refractivity contribution in [3.8, 4) is 22.6 Å². The summed E-state index contributed by atoms with van der Waals surface area (Å²) in [6.45, 7) is 4.05. The summed E-state index contributed by atoms with van der Waals surface area (Å²) in [6.07, 6.45) is 3.72. The van der Waals surface area contributed by atoms with Gasteiger partial charge in [-0.05, 0) is 71.1 Å². The number of aryl methyl sites for hydroxylation is 2. The Labute approximate surface area is 227 Å². The lowest BCUT2D eigenvalue weighted by Gasteiger charge is -2.28. The quantitative estimate of drug-likeness (QED) is 0.189. The van der Waals surface area contributed by atoms with E-state index in [1.165, 1.54) is 0 Å². The first-order chi connectivity index (χ1) is 19.1. The molecular formula is C33H28N3O3+. The van der Waals surface area contributed by atoms with Crippen LogP contribution in [0.3, 0.4) is 0 Å². The average molecular weight is 515 g/mol. The molecule has 0 saturated heterocycles. The number of ether oxygens (including phenoxy) is 2. The average Bonchev–Trinajstić information content (AvgIpc) is 3.37. The van der Waals surface area contributed by atoms with E-state index in [0.717, 1.165) is 50.4 Å². The maximum Gasteiger partial charge on any atom is 0.374 e. The highest BCUT2D eigenvalue weighted by Crippen LogP contribution is 2.34. The molecule has 6 heteroatoms. The van der Waals surface area contributed by atoms with E-state index >= 15 is 0 Å². The maximum atomic E-state index is 6.74. The molecule has 0 bridgehead atoms. The highest BCUT2D eigenvalue weighted by atomic mass is 16.8. The lowest BCUT2D eigenvalue weighted by atomic mass is 10.00. The van der Waals surface area contributed by atoms with Gasteiger partial charge in [-0.15, -0.1) is 0 Å². The van der Waals surface area contributed by atoms with Crippen LogP contribution in [0.5, 0.6) is 11.5 Å². The Morgan fingerprint density at radius 1 is 0.872 bits per heavy atom. The third-order valence-corrected chi connectivity index (χ3v) is 7.18. The molecule has 1 aliphatic heterocycles. The van der Waals surface area contributed by atoms with E-state index in [1.807, 2.05) is 67.1 Å². The monoisotopic (exact) mass is 514 g/mol. The molecule has 1 aliphatic carbocycles. The molecule has 2 atom stereocenters. The summed E-state index contributed by atoms with van der Waals surface area (Å²) in [5.41, 5.74) is 7.16. The standard InChI is InChI=1S/C33H28N3O3/c1-22-14-16-26-10-6-12-29(31(26)34-22)38-33(37-28-20-18-25(19-21-28)24-8-4-3-5-9-24)36-35-23(2)15-17-27-11-7-13-30(39-36)32(27)35/h3-11,13-21,29,33H,12H2,1-2H3/q+1. The first-order valence-corrected chi connectivity index (χ1v) is 13.2. The van der Waals surface area contributed by atoms with Gasteiger partial charge >= 0.3 is 6.41 Å². The van der Waals surface area contributed by atoms with Crippen molar-refractivity contribution >= 4 is 17.0 Å². The van der Waals surface area contributed by atoms with Crippen LogP contribution in [0.25, 0.3) is 28.1 Å². The third kappa shape index (κ3) is 4.29. The van der Waals surface area contributed by atoms with Crippen LogP contribution >= 0.6 is 0 Å². The van der Waals surface area contributed by atoms with E-state index < -0.39 is 6.41 Å². The van der Waals surface area contributed by atoms with Crippen molar-refractivity contribution in [1.29, 1.82) is 0 Å². The molecule has 39 heavy (non-hydrogen) atoms. The predicted octanol–water partition coefficient (Wildman–Crippen LogP) is 6.59. The van der Waals surface area contributed by atoms with E-state index in [-0.39, 0.29) is 6.10 Å². The molecule has 3 heterocycles. The number of hydroxylamine groups is 1. The van der Waals surface area contributed by atoms with Crippen molar-refractivity contribution in [2.75, 3.05) is 5.17 Å². The summed E-state index contributed by atoms with van der Waals surface area (Å²) in [6, 6.07) is 32.7. The Bertz CT molecular complexity index is 1700. The van der Waals surface area contributed by atoms with Crippen LogP contribution in [0.15, 0.2) is 103 Å². The normalized spacial score (nSPS) is 16.2. The molecule has 0 amide bonds. The highest BCUT2D eigenvalue weighted by Gasteiger charge is 2.43. The Morgan fingerprint density at radius 3 is 2.54 bits per heavy atom. The van der Waals surface area contributed by atoms with Crippen molar-refractivity contribution in [2.24, 2.45) is 0 Å². The fraction of sp³-hybridized carbons (Fsp3) is 0.152. The van der Waals surface area contributed by atoms with Gasteiger partial charge in [-0.1, -0.05) is 66.7 Å². The van der Waals surface area contributed by atoms with Crippen molar-refractivity contribution in [3.63, 3.8) is 0 Å². The summed E-state index contributed by atoms with van der Waals surface area (Å²) in [7, 11) is 0. The van der Waals surface area contributed by atoms with E-state index in [1.54, 1.807) is 5.17 Å². The highest BCUT2D eigenvalue weighted by molar-refractivity contribution is 5.82. The number of hydrogen-bond donors (Lipinski definition) is 0. The van der Waals surface area contributed by atoms with E-state index in [0.29, 0.717) is 12.2 Å². The van der Waals surface area contributed by atoms with Crippen molar-refractivity contribution < 1.29 is 19.0 Å². The number of rotatable bonds is 6. The molecule has 2 unspecified atom stereocenters. The summed E-state index contributed by atoms with van der Waals surface area (Å²) < 4.78 is 15.3. The van der Waals surface area contributed by atoms with Gasteiger partial charge < -0.3 is 14.3 Å². The molecular weight excluding hydrogens is 486 g/mol. The van der Waals surface area contributed by atoms with E-state index in [2.05, 4.69) is 60.7 Å². The van der Waals surface area contributed by atoms with E-state index in [9.17, 15) is 0 Å². The summed E-state index contributed by atoms with van der Waals surface area (Å²) in [4.78, 5) is 11.2. The topological polar surface area (TPSA) is 47.7 Å². The van der Waals surface area contributed by atoms with Crippen LogP contribution in [-0.2, 0) is 4.74 Å². The van der Waals surface area contributed by atoms with Crippen LogP contribution in [0.1, 0.15) is 35.2 Å².